The van der Waals surface area contributed by atoms with Gasteiger partial charge >= 0.3 is 6.03 Å². The molecule has 0 unspecified atom stereocenters. The summed E-state index contributed by atoms with van der Waals surface area (Å²) >= 11 is 0. The van der Waals surface area contributed by atoms with Gasteiger partial charge in [-0.15, -0.1) is 0 Å². The number of piperidine rings is 1. The Morgan fingerprint density at radius 3 is 2.81 bits per heavy atom. The maximum Gasteiger partial charge on any atom is 0.320 e. The van der Waals surface area contributed by atoms with Gasteiger partial charge in [-0.2, -0.15) is 4.39 Å². The first kappa shape index (κ1) is 20.7. The number of imidazole rings is 1. The Morgan fingerprint density at radius 2 is 2.10 bits per heavy atom. The number of amides is 2. The molecule has 3 N–H and O–H groups in total. The largest absolute Gasteiger partial charge is 0.368 e. The Balaban J connectivity index is 1.33. The van der Waals surface area contributed by atoms with Crippen LogP contribution in [0.4, 0.5) is 20.7 Å². The highest BCUT2D eigenvalue weighted by molar-refractivity contribution is 5.88. The molecule has 3 aromatic rings. The number of aromatic nitrogens is 5. The number of carbonyl (C=O) groups excluding carboxylic acids is 1. The second-order valence-electron chi connectivity index (χ2n) is 7.46. The van der Waals surface area contributed by atoms with Crippen LogP contribution in [-0.2, 0) is 6.42 Å². The number of urea groups is 1. The van der Waals surface area contributed by atoms with Gasteiger partial charge in [-0.1, -0.05) is 0 Å². The number of aromatic amines is 1. The lowest BCUT2D eigenvalue weighted by Gasteiger charge is -2.33. The third kappa shape index (κ3) is 5.14. The maximum absolute atomic E-state index is 14.6. The van der Waals surface area contributed by atoms with Crippen molar-refractivity contribution in [2.75, 3.05) is 29.9 Å². The summed E-state index contributed by atoms with van der Waals surface area (Å²) in [6.45, 7) is 3.90. The zero-order chi connectivity index (χ0) is 21.6. The summed E-state index contributed by atoms with van der Waals surface area (Å²) in [6, 6.07) is 5.07. The standard InChI is InChI=1S/C21H25FN8O/c1-2-23-21(31)29-18-12-15(26-13-27-18)11-14-5-9-30(10-6-14)17-4-3-16(28-19(17)22)20-24-7-8-25-20/h3-4,7-8,12-14H,2,5-6,9-11H2,1H3,(H,24,25)(H2,23,26,27,29,31). The van der Waals surface area contributed by atoms with Crippen molar-refractivity contribution in [2.24, 2.45) is 5.92 Å². The molecule has 1 aliphatic rings. The molecular formula is C21H25FN8O. The molecule has 0 aromatic carbocycles. The van der Waals surface area contributed by atoms with Gasteiger partial charge in [0.25, 0.3) is 0 Å². The molecule has 0 bridgehead atoms. The minimum Gasteiger partial charge on any atom is -0.368 e. The number of nitrogens with zero attached hydrogens (tertiary/aromatic N) is 5. The van der Waals surface area contributed by atoms with Crippen molar-refractivity contribution in [3.8, 4) is 11.5 Å². The average Bonchev–Trinajstić information content (AvgIpc) is 3.30. The van der Waals surface area contributed by atoms with E-state index in [1.807, 2.05) is 11.8 Å². The quantitative estimate of drug-likeness (QED) is 0.525. The SMILES string of the molecule is CCNC(=O)Nc1cc(CC2CCN(c3ccc(-c4ncc[nH]4)nc3F)CC2)ncn1. The number of hydrogen-bond donors (Lipinski definition) is 3. The lowest BCUT2D eigenvalue weighted by atomic mass is 9.92. The van der Waals surface area contributed by atoms with Crippen LogP contribution in [0.1, 0.15) is 25.5 Å². The molecule has 10 heteroatoms. The first-order chi connectivity index (χ1) is 15.1. The molecule has 4 heterocycles. The van der Waals surface area contributed by atoms with Crippen LogP contribution in [-0.4, -0.2) is 50.6 Å². The van der Waals surface area contributed by atoms with E-state index in [-0.39, 0.29) is 6.03 Å². The maximum atomic E-state index is 14.6. The Hall–Kier alpha value is -3.56. The first-order valence-electron chi connectivity index (χ1n) is 10.4. The Labute approximate surface area is 179 Å². The minimum atomic E-state index is -0.482. The topological polar surface area (TPSA) is 112 Å². The molecule has 9 nitrogen and oxygen atoms in total. The minimum absolute atomic E-state index is 0.283. The van der Waals surface area contributed by atoms with Crippen LogP contribution in [0, 0.1) is 11.9 Å². The number of pyridine rings is 1. The lowest BCUT2D eigenvalue weighted by Crippen LogP contribution is -2.35. The monoisotopic (exact) mass is 424 g/mol. The van der Waals surface area contributed by atoms with Crippen molar-refractivity contribution in [3.63, 3.8) is 0 Å². The van der Waals surface area contributed by atoms with Gasteiger partial charge in [0.2, 0.25) is 5.95 Å². The summed E-state index contributed by atoms with van der Waals surface area (Å²) in [6.07, 6.45) is 7.39. The zero-order valence-electron chi connectivity index (χ0n) is 17.3. The van der Waals surface area contributed by atoms with Gasteiger partial charge in [-0.25, -0.2) is 24.7 Å². The molecule has 1 aliphatic heterocycles. The number of hydrogen-bond acceptors (Lipinski definition) is 6. The van der Waals surface area contributed by atoms with Crippen molar-refractivity contribution >= 4 is 17.5 Å². The van der Waals surface area contributed by atoms with Gasteiger partial charge in [-0.3, -0.25) is 5.32 Å². The van der Waals surface area contributed by atoms with Crippen LogP contribution >= 0.6 is 0 Å². The van der Waals surface area contributed by atoms with Crippen LogP contribution in [0.15, 0.2) is 36.9 Å². The summed E-state index contributed by atoms with van der Waals surface area (Å²) in [4.78, 5) is 33.3. The average molecular weight is 424 g/mol. The molecule has 162 valence electrons. The zero-order valence-corrected chi connectivity index (χ0v) is 17.3. The number of nitrogens with one attached hydrogen (secondary N) is 3. The lowest BCUT2D eigenvalue weighted by molar-refractivity contribution is 0.252. The van der Waals surface area contributed by atoms with E-state index >= 15 is 0 Å². The van der Waals surface area contributed by atoms with E-state index in [9.17, 15) is 9.18 Å². The molecule has 0 saturated carbocycles. The molecular weight excluding hydrogens is 399 g/mol. The molecule has 0 atom stereocenters. The third-order valence-corrected chi connectivity index (χ3v) is 5.33. The summed E-state index contributed by atoms with van der Waals surface area (Å²) < 4.78 is 14.6. The number of anilines is 2. The smallest absolute Gasteiger partial charge is 0.320 e. The molecule has 4 rings (SSSR count). The highest BCUT2D eigenvalue weighted by Gasteiger charge is 2.23. The summed E-state index contributed by atoms with van der Waals surface area (Å²) in [5, 5.41) is 5.38. The van der Waals surface area contributed by atoms with E-state index in [4.69, 9.17) is 0 Å². The van der Waals surface area contributed by atoms with E-state index in [1.54, 1.807) is 30.6 Å². The summed E-state index contributed by atoms with van der Waals surface area (Å²) in [7, 11) is 0. The fourth-order valence-corrected chi connectivity index (χ4v) is 3.77. The number of rotatable bonds is 6. The number of H-pyrrole nitrogens is 1. The third-order valence-electron chi connectivity index (χ3n) is 5.33. The highest BCUT2D eigenvalue weighted by Crippen LogP contribution is 2.28. The van der Waals surface area contributed by atoms with Crippen molar-refractivity contribution < 1.29 is 9.18 Å². The van der Waals surface area contributed by atoms with Gasteiger partial charge in [0.05, 0.1) is 5.69 Å². The van der Waals surface area contributed by atoms with Gasteiger partial charge in [-0.05, 0) is 44.2 Å². The highest BCUT2D eigenvalue weighted by atomic mass is 19.1. The van der Waals surface area contributed by atoms with Crippen LogP contribution in [0.25, 0.3) is 11.5 Å². The Morgan fingerprint density at radius 1 is 1.26 bits per heavy atom. The van der Waals surface area contributed by atoms with Crippen molar-refractivity contribution in [3.05, 3.63) is 48.6 Å². The molecule has 2 amide bonds. The number of halogens is 1. The molecule has 31 heavy (non-hydrogen) atoms. The first-order valence-corrected chi connectivity index (χ1v) is 10.4. The molecule has 3 aromatic heterocycles. The van der Waals surface area contributed by atoms with Crippen molar-refractivity contribution in [1.29, 1.82) is 0 Å². The van der Waals surface area contributed by atoms with E-state index in [2.05, 4.69) is 35.6 Å². The molecule has 1 saturated heterocycles. The predicted octanol–water partition coefficient (Wildman–Crippen LogP) is 3.00. The summed E-state index contributed by atoms with van der Waals surface area (Å²) in [5.74, 6) is 0.985. The Bertz CT molecular complexity index is 1020. The molecule has 0 spiro atoms. The second kappa shape index (κ2) is 9.50. The van der Waals surface area contributed by atoms with Gasteiger partial charge in [0.1, 0.15) is 17.8 Å². The molecule has 0 aliphatic carbocycles. The van der Waals surface area contributed by atoms with E-state index in [0.717, 1.165) is 38.0 Å². The normalized spacial score (nSPS) is 14.5. The van der Waals surface area contributed by atoms with E-state index in [1.165, 1.54) is 6.33 Å². The van der Waals surface area contributed by atoms with E-state index < -0.39 is 5.95 Å². The van der Waals surface area contributed by atoms with Crippen LogP contribution in [0.2, 0.25) is 0 Å². The molecule has 0 radical (unpaired) electrons. The van der Waals surface area contributed by atoms with Crippen molar-refractivity contribution in [1.82, 2.24) is 30.2 Å². The predicted molar refractivity (Wildman–Crippen MR) is 115 cm³/mol. The Kier molecular flexibility index (Phi) is 6.34. The second-order valence-corrected chi connectivity index (χ2v) is 7.46. The molecule has 1 fully saturated rings. The van der Waals surface area contributed by atoms with Crippen LogP contribution < -0.4 is 15.5 Å². The van der Waals surface area contributed by atoms with Gasteiger partial charge in [0, 0.05) is 43.8 Å². The van der Waals surface area contributed by atoms with Gasteiger partial charge < -0.3 is 15.2 Å². The van der Waals surface area contributed by atoms with Crippen molar-refractivity contribution in [2.45, 2.75) is 26.2 Å². The fourth-order valence-electron chi connectivity index (χ4n) is 3.77. The van der Waals surface area contributed by atoms with Crippen LogP contribution in [0.5, 0.6) is 0 Å². The summed E-state index contributed by atoms with van der Waals surface area (Å²) in [5.41, 5.74) is 1.89. The number of carbonyl (C=O) groups is 1. The van der Waals surface area contributed by atoms with E-state index in [0.29, 0.717) is 35.5 Å². The van der Waals surface area contributed by atoms with Crippen LogP contribution in [0.3, 0.4) is 0 Å². The van der Waals surface area contributed by atoms with Gasteiger partial charge in [0.15, 0.2) is 5.82 Å². The fraction of sp³-hybridized carbons (Fsp3) is 0.381.